The summed E-state index contributed by atoms with van der Waals surface area (Å²) in [7, 11) is 0. The van der Waals surface area contributed by atoms with E-state index in [1.165, 1.54) is 0 Å². The van der Waals surface area contributed by atoms with Gasteiger partial charge in [0.05, 0.1) is 11.9 Å². The SMILES string of the molecule is O=C(Nc1ccc(Oc2ccc(Br)cc2)nc1)c1ccccc1C(c1ccc(O)cc1)c1ccc(O)cc1. The molecule has 38 heavy (non-hydrogen) atoms. The van der Waals surface area contributed by atoms with E-state index in [1.54, 1.807) is 48.7 Å². The van der Waals surface area contributed by atoms with Crippen molar-refractivity contribution in [1.82, 2.24) is 4.98 Å². The Hall–Kier alpha value is -4.62. The number of halogens is 1. The number of aromatic hydroxyl groups is 2. The molecule has 0 aliphatic heterocycles. The van der Waals surface area contributed by atoms with Gasteiger partial charge >= 0.3 is 0 Å². The molecule has 0 atom stereocenters. The second kappa shape index (κ2) is 11.2. The van der Waals surface area contributed by atoms with Gasteiger partial charge in [-0.3, -0.25) is 4.79 Å². The number of hydrogen-bond acceptors (Lipinski definition) is 5. The lowest BCUT2D eigenvalue weighted by Crippen LogP contribution is -2.17. The summed E-state index contributed by atoms with van der Waals surface area (Å²) < 4.78 is 6.72. The minimum absolute atomic E-state index is 0.157. The molecule has 0 saturated carbocycles. The molecule has 6 nitrogen and oxygen atoms in total. The third-order valence-corrected chi connectivity index (χ3v) is 6.53. The predicted octanol–water partition coefficient (Wildman–Crippen LogP) is 7.48. The molecule has 0 bridgehead atoms. The number of phenols is 2. The van der Waals surface area contributed by atoms with Gasteiger partial charge in [-0.25, -0.2) is 4.98 Å². The van der Waals surface area contributed by atoms with Gasteiger partial charge in [0.2, 0.25) is 5.88 Å². The molecule has 5 rings (SSSR count). The number of carbonyl (C=O) groups is 1. The molecule has 0 aliphatic carbocycles. The molecule has 0 radical (unpaired) electrons. The molecular weight excluding hydrogens is 544 g/mol. The fourth-order valence-electron chi connectivity index (χ4n) is 4.18. The maximum absolute atomic E-state index is 13.5. The summed E-state index contributed by atoms with van der Waals surface area (Å²) in [4.78, 5) is 17.8. The van der Waals surface area contributed by atoms with E-state index in [9.17, 15) is 15.0 Å². The number of rotatable bonds is 7. The zero-order valence-electron chi connectivity index (χ0n) is 20.1. The fraction of sp³-hybridized carbons (Fsp3) is 0.0323. The minimum Gasteiger partial charge on any atom is -0.508 e. The first-order valence-corrected chi connectivity index (χ1v) is 12.6. The minimum atomic E-state index is -0.307. The van der Waals surface area contributed by atoms with E-state index in [0.717, 1.165) is 21.2 Å². The van der Waals surface area contributed by atoms with Gasteiger partial charge in [-0.05, 0) is 77.4 Å². The smallest absolute Gasteiger partial charge is 0.256 e. The van der Waals surface area contributed by atoms with Crippen LogP contribution in [0.3, 0.4) is 0 Å². The quantitative estimate of drug-likeness (QED) is 0.177. The molecule has 0 saturated heterocycles. The Morgan fingerprint density at radius 2 is 1.37 bits per heavy atom. The van der Waals surface area contributed by atoms with E-state index in [0.29, 0.717) is 22.9 Å². The first-order chi connectivity index (χ1) is 18.5. The van der Waals surface area contributed by atoms with E-state index in [-0.39, 0.29) is 23.3 Å². The van der Waals surface area contributed by atoms with Crippen LogP contribution >= 0.6 is 15.9 Å². The van der Waals surface area contributed by atoms with E-state index >= 15 is 0 Å². The molecule has 1 amide bonds. The Balaban J connectivity index is 1.42. The number of phenolic OH excluding ortho intramolecular Hbond substituents is 2. The second-order valence-electron chi connectivity index (χ2n) is 8.60. The Kier molecular flexibility index (Phi) is 7.38. The standard InChI is InChI=1S/C31H23BrN2O4/c32-22-9-16-26(17-10-22)38-29-18-11-23(19-33-29)34-31(37)28-4-2-1-3-27(28)30(20-5-12-24(35)13-6-20)21-7-14-25(36)15-8-21/h1-19,30,35-36H,(H,34,37). The Morgan fingerprint density at radius 3 is 1.95 bits per heavy atom. The number of nitrogens with zero attached hydrogens (tertiary/aromatic N) is 1. The number of ether oxygens (including phenoxy) is 1. The zero-order valence-corrected chi connectivity index (χ0v) is 21.7. The van der Waals surface area contributed by atoms with Crippen molar-refractivity contribution in [2.75, 3.05) is 5.32 Å². The van der Waals surface area contributed by atoms with Crippen LogP contribution < -0.4 is 10.1 Å². The Labute approximate surface area is 228 Å². The van der Waals surface area contributed by atoms with Gasteiger partial charge in [-0.1, -0.05) is 58.4 Å². The van der Waals surface area contributed by atoms with Crippen molar-refractivity contribution in [3.63, 3.8) is 0 Å². The molecule has 3 N–H and O–H groups in total. The highest BCUT2D eigenvalue weighted by atomic mass is 79.9. The molecule has 0 spiro atoms. The molecule has 0 unspecified atom stereocenters. The van der Waals surface area contributed by atoms with Crippen molar-refractivity contribution in [2.45, 2.75) is 5.92 Å². The highest BCUT2D eigenvalue weighted by Gasteiger charge is 2.23. The van der Waals surface area contributed by atoms with Crippen LogP contribution in [-0.2, 0) is 0 Å². The van der Waals surface area contributed by atoms with Gasteiger partial charge in [-0.15, -0.1) is 0 Å². The number of nitrogens with one attached hydrogen (secondary N) is 1. The maximum Gasteiger partial charge on any atom is 0.256 e. The van der Waals surface area contributed by atoms with E-state index in [4.69, 9.17) is 4.74 Å². The number of aromatic nitrogens is 1. The number of benzene rings is 4. The topological polar surface area (TPSA) is 91.7 Å². The van der Waals surface area contributed by atoms with Crippen LogP contribution in [0.2, 0.25) is 0 Å². The average Bonchev–Trinajstić information content (AvgIpc) is 2.93. The van der Waals surface area contributed by atoms with Crippen LogP contribution in [0.4, 0.5) is 5.69 Å². The number of pyridine rings is 1. The summed E-state index contributed by atoms with van der Waals surface area (Å²) in [6, 6.07) is 32.0. The van der Waals surface area contributed by atoms with Crippen LogP contribution in [-0.4, -0.2) is 21.1 Å². The van der Waals surface area contributed by atoms with E-state index in [1.807, 2.05) is 66.7 Å². The van der Waals surface area contributed by atoms with Crippen LogP contribution in [0, 0.1) is 0 Å². The molecule has 1 heterocycles. The van der Waals surface area contributed by atoms with E-state index < -0.39 is 0 Å². The largest absolute Gasteiger partial charge is 0.508 e. The van der Waals surface area contributed by atoms with Gasteiger partial charge in [0.25, 0.3) is 5.91 Å². The van der Waals surface area contributed by atoms with Crippen LogP contribution in [0.5, 0.6) is 23.1 Å². The maximum atomic E-state index is 13.5. The molecule has 4 aromatic carbocycles. The lowest BCUT2D eigenvalue weighted by atomic mass is 9.82. The van der Waals surface area contributed by atoms with Crippen LogP contribution in [0.15, 0.2) is 120 Å². The van der Waals surface area contributed by atoms with Gasteiger partial charge < -0.3 is 20.3 Å². The third kappa shape index (κ3) is 5.85. The van der Waals surface area contributed by atoms with Gasteiger partial charge in [0.15, 0.2) is 0 Å². The summed E-state index contributed by atoms with van der Waals surface area (Å²) >= 11 is 3.40. The number of hydrogen-bond donors (Lipinski definition) is 3. The van der Waals surface area contributed by atoms with E-state index in [2.05, 4.69) is 26.2 Å². The number of anilines is 1. The van der Waals surface area contributed by atoms with Crippen molar-refractivity contribution < 1.29 is 19.7 Å². The Morgan fingerprint density at radius 1 is 0.763 bits per heavy atom. The van der Waals surface area contributed by atoms with Crippen LogP contribution in [0.25, 0.3) is 0 Å². The summed E-state index contributed by atoms with van der Waals surface area (Å²) in [5.74, 6) is 0.782. The molecule has 5 aromatic rings. The van der Waals surface area contributed by atoms with Crippen molar-refractivity contribution in [1.29, 1.82) is 0 Å². The first kappa shape index (κ1) is 25.0. The second-order valence-corrected chi connectivity index (χ2v) is 9.51. The van der Waals surface area contributed by atoms with Crippen LogP contribution in [0.1, 0.15) is 33.0 Å². The fourth-order valence-corrected chi connectivity index (χ4v) is 4.44. The Bertz CT molecular complexity index is 1490. The number of amides is 1. The summed E-state index contributed by atoms with van der Waals surface area (Å²) in [6.45, 7) is 0. The molecule has 7 heteroatoms. The summed E-state index contributed by atoms with van der Waals surface area (Å²) in [5.41, 5.74) is 3.59. The van der Waals surface area contributed by atoms with Gasteiger partial charge in [0, 0.05) is 22.0 Å². The predicted molar refractivity (Wildman–Crippen MR) is 150 cm³/mol. The highest BCUT2D eigenvalue weighted by Crippen LogP contribution is 2.35. The van der Waals surface area contributed by atoms with Crippen molar-refractivity contribution in [3.05, 3.63) is 142 Å². The number of carbonyl (C=O) groups excluding carboxylic acids is 1. The lowest BCUT2D eigenvalue weighted by Gasteiger charge is -2.22. The van der Waals surface area contributed by atoms with Gasteiger partial charge in [-0.2, -0.15) is 0 Å². The zero-order chi connectivity index (χ0) is 26.5. The van der Waals surface area contributed by atoms with Gasteiger partial charge in [0.1, 0.15) is 17.2 Å². The highest BCUT2D eigenvalue weighted by molar-refractivity contribution is 9.10. The molecule has 188 valence electrons. The third-order valence-electron chi connectivity index (χ3n) is 6.00. The van der Waals surface area contributed by atoms with Crippen molar-refractivity contribution >= 4 is 27.5 Å². The summed E-state index contributed by atoms with van der Waals surface area (Å²) in [6.07, 6.45) is 1.55. The molecular formula is C31H23BrN2O4. The first-order valence-electron chi connectivity index (χ1n) is 11.8. The summed E-state index contributed by atoms with van der Waals surface area (Å²) in [5, 5.41) is 22.6. The monoisotopic (exact) mass is 566 g/mol. The normalized spacial score (nSPS) is 10.8. The average molecular weight is 567 g/mol. The molecule has 0 aliphatic rings. The molecule has 0 fully saturated rings. The lowest BCUT2D eigenvalue weighted by molar-refractivity contribution is 0.102. The molecule has 1 aromatic heterocycles. The van der Waals surface area contributed by atoms with Crippen molar-refractivity contribution in [3.8, 4) is 23.1 Å². The van der Waals surface area contributed by atoms with Crippen molar-refractivity contribution in [2.24, 2.45) is 0 Å².